The molecule has 3 saturated heterocycles. The van der Waals surface area contributed by atoms with Crippen molar-refractivity contribution in [2.75, 3.05) is 19.7 Å². The highest BCUT2D eigenvalue weighted by atomic mass is 16.5. The van der Waals surface area contributed by atoms with E-state index in [1.807, 2.05) is 18.2 Å². The minimum atomic E-state index is -0.249. The Morgan fingerprint density at radius 1 is 1.18 bits per heavy atom. The lowest BCUT2D eigenvalue weighted by molar-refractivity contribution is -0.145. The first-order chi connectivity index (χ1) is 16.1. The van der Waals surface area contributed by atoms with Gasteiger partial charge < -0.3 is 14.2 Å². The van der Waals surface area contributed by atoms with Gasteiger partial charge >= 0.3 is 5.97 Å². The highest BCUT2D eigenvalue weighted by molar-refractivity contribution is 5.85. The Morgan fingerprint density at radius 2 is 2.03 bits per heavy atom. The first kappa shape index (κ1) is 22.0. The standard InChI is InChI=1S/C26H32N4O3/c1-2-28-21(16-19-8-7-18(17-27)15-24(19)28)10-9-20-5-3-12-29(20)25(31)22-6-4-13-30(22)23-11-14-33-26(23)32/h7-8,15-16,20,22-23H,2-6,9-14H2,1H3. The third kappa shape index (κ3) is 4.02. The van der Waals surface area contributed by atoms with Crippen LogP contribution in [-0.4, -0.2) is 64.1 Å². The van der Waals surface area contributed by atoms with Crippen LogP contribution in [0.5, 0.6) is 0 Å². The van der Waals surface area contributed by atoms with Gasteiger partial charge in [0.25, 0.3) is 0 Å². The van der Waals surface area contributed by atoms with Crippen molar-refractivity contribution in [3.05, 3.63) is 35.5 Å². The normalized spacial score (nSPS) is 25.6. The maximum Gasteiger partial charge on any atom is 0.323 e. The fraction of sp³-hybridized carbons (Fsp3) is 0.577. The third-order valence-electron chi connectivity index (χ3n) is 7.72. The second-order valence-electron chi connectivity index (χ2n) is 9.50. The molecule has 4 heterocycles. The maximum absolute atomic E-state index is 13.6. The fourth-order valence-corrected chi connectivity index (χ4v) is 6.11. The summed E-state index contributed by atoms with van der Waals surface area (Å²) in [4.78, 5) is 29.9. The number of nitrogens with zero attached hydrogens (tertiary/aromatic N) is 4. The molecule has 174 valence electrons. The van der Waals surface area contributed by atoms with Crippen LogP contribution in [0.4, 0.5) is 0 Å². The fourth-order valence-electron chi connectivity index (χ4n) is 6.11. The highest BCUT2D eigenvalue weighted by Crippen LogP contribution is 2.31. The van der Waals surface area contributed by atoms with Gasteiger partial charge in [0.1, 0.15) is 6.04 Å². The number of carbonyl (C=O) groups is 2. The van der Waals surface area contributed by atoms with Crippen molar-refractivity contribution in [3.63, 3.8) is 0 Å². The number of cyclic esters (lactones) is 1. The van der Waals surface area contributed by atoms with Gasteiger partial charge in [-0.1, -0.05) is 6.07 Å². The average molecular weight is 449 g/mol. The van der Waals surface area contributed by atoms with Crippen LogP contribution in [0.15, 0.2) is 24.3 Å². The van der Waals surface area contributed by atoms with Crippen molar-refractivity contribution in [3.8, 4) is 6.07 Å². The molecule has 3 fully saturated rings. The highest BCUT2D eigenvalue weighted by Gasteiger charge is 2.44. The Morgan fingerprint density at radius 3 is 2.79 bits per heavy atom. The number of aromatic nitrogens is 1. The molecule has 0 aliphatic carbocycles. The number of esters is 1. The molecule has 3 aliphatic heterocycles. The zero-order valence-corrected chi connectivity index (χ0v) is 19.3. The number of aryl methyl sites for hydroxylation is 2. The smallest absolute Gasteiger partial charge is 0.323 e. The molecular weight excluding hydrogens is 416 g/mol. The maximum atomic E-state index is 13.6. The molecule has 0 spiro atoms. The molecule has 5 rings (SSSR count). The zero-order valence-electron chi connectivity index (χ0n) is 19.3. The van der Waals surface area contributed by atoms with Gasteiger partial charge in [0.15, 0.2) is 0 Å². The number of carbonyl (C=O) groups excluding carboxylic acids is 2. The molecule has 7 heteroatoms. The molecule has 0 radical (unpaired) electrons. The van der Waals surface area contributed by atoms with E-state index in [-0.39, 0.29) is 30.0 Å². The monoisotopic (exact) mass is 448 g/mol. The van der Waals surface area contributed by atoms with E-state index < -0.39 is 0 Å². The van der Waals surface area contributed by atoms with E-state index in [4.69, 9.17) is 4.74 Å². The van der Waals surface area contributed by atoms with Crippen LogP contribution in [0.1, 0.15) is 56.7 Å². The Kier molecular flexibility index (Phi) is 6.11. The predicted octanol–water partition coefficient (Wildman–Crippen LogP) is 3.24. The number of ether oxygens (including phenoxy) is 1. The van der Waals surface area contributed by atoms with E-state index in [9.17, 15) is 14.9 Å². The van der Waals surface area contributed by atoms with Gasteiger partial charge in [-0.25, -0.2) is 0 Å². The Hall–Kier alpha value is -2.85. The zero-order chi connectivity index (χ0) is 22.9. The van der Waals surface area contributed by atoms with E-state index >= 15 is 0 Å². The van der Waals surface area contributed by atoms with Crippen LogP contribution in [0.25, 0.3) is 10.9 Å². The molecule has 0 bridgehead atoms. The predicted molar refractivity (Wildman–Crippen MR) is 124 cm³/mol. The number of hydrogen-bond donors (Lipinski definition) is 0. The van der Waals surface area contributed by atoms with Crippen molar-refractivity contribution in [2.24, 2.45) is 0 Å². The second kappa shape index (κ2) is 9.18. The molecule has 3 aliphatic rings. The van der Waals surface area contributed by atoms with Crippen LogP contribution >= 0.6 is 0 Å². The summed E-state index contributed by atoms with van der Waals surface area (Å²) in [5, 5.41) is 10.4. The Labute approximate surface area is 194 Å². The van der Waals surface area contributed by atoms with Crippen LogP contribution < -0.4 is 0 Å². The average Bonchev–Trinajstić information content (AvgIpc) is 3.62. The van der Waals surface area contributed by atoms with Gasteiger partial charge in [0, 0.05) is 36.8 Å². The number of nitriles is 1. The van der Waals surface area contributed by atoms with Gasteiger partial charge in [-0.15, -0.1) is 0 Å². The lowest BCUT2D eigenvalue weighted by Gasteiger charge is -2.33. The van der Waals surface area contributed by atoms with Crippen molar-refractivity contribution < 1.29 is 14.3 Å². The number of hydrogen-bond acceptors (Lipinski definition) is 5. The number of benzene rings is 1. The molecule has 3 atom stereocenters. The largest absolute Gasteiger partial charge is 0.464 e. The molecular formula is C26H32N4O3. The molecule has 2 aromatic rings. The van der Waals surface area contributed by atoms with Crippen LogP contribution in [-0.2, 0) is 27.3 Å². The van der Waals surface area contributed by atoms with Gasteiger partial charge in [0.2, 0.25) is 5.91 Å². The minimum absolute atomic E-state index is 0.167. The molecule has 0 N–H and O–H groups in total. The molecule has 1 amide bonds. The van der Waals surface area contributed by atoms with Gasteiger partial charge in [-0.3, -0.25) is 14.5 Å². The van der Waals surface area contributed by atoms with Gasteiger partial charge in [-0.05, 0) is 75.6 Å². The number of likely N-dealkylation sites (tertiary alicyclic amines) is 2. The summed E-state index contributed by atoms with van der Waals surface area (Å²) < 4.78 is 7.47. The Bertz CT molecular complexity index is 1100. The van der Waals surface area contributed by atoms with E-state index in [1.165, 1.54) is 5.69 Å². The second-order valence-corrected chi connectivity index (χ2v) is 9.50. The summed E-state index contributed by atoms with van der Waals surface area (Å²) >= 11 is 0. The lowest BCUT2D eigenvalue weighted by atomic mass is 10.1. The van der Waals surface area contributed by atoms with Gasteiger partial charge in [0.05, 0.1) is 24.3 Å². The quantitative estimate of drug-likeness (QED) is 0.634. The number of rotatable bonds is 6. The summed E-state index contributed by atoms with van der Waals surface area (Å²) in [5.41, 5.74) is 3.05. The number of amides is 1. The SMILES string of the molecule is CCn1c(CCC2CCCN2C(=O)C2CCCN2C2CCOC2=O)cc2ccc(C#N)cc21. The third-order valence-corrected chi connectivity index (χ3v) is 7.72. The van der Waals surface area contributed by atoms with E-state index in [2.05, 4.69) is 33.4 Å². The van der Waals surface area contributed by atoms with E-state index in [0.717, 1.165) is 69.1 Å². The van der Waals surface area contributed by atoms with Crippen molar-refractivity contribution in [2.45, 2.75) is 76.5 Å². The molecule has 33 heavy (non-hydrogen) atoms. The van der Waals surface area contributed by atoms with Crippen molar-refractivity contribution in [1.29, 1.82) is 5.26 Å². The van der Waals surface area contributed by atoms with E-state index in [0.29, 0.717) is 18.6 Å². The molecule has 7 nitrogen and oxygen atoms in total. The Balaban J connectivity index is 1.29. The van der Waals surface area contributed by atoms with Crippen LogP contribution in [0.3, 0.4) is 0 Å². The molecule has 3 unspecified atom stereocenters. The van der Waals surface area contributed by atoms with Crippen molar-refractivity contribution in [1.82, 2.24) is 14.4 Å². The van der Waals surface area contributed by atoms with Crippen LogP contribution in [0, 0.1) is 11.3 Å². The van der Waals surface area contributed by atoms with Crippen LogP contribution in [0.2, 0.25) is 0 Å². The topological polar surface area (TPSA) is 78.6 Å². The number of fused-ring (bicyclic) bond motifs is 1. The summed E-state index contributed by atoms with van der Waals surface area (Å²) in [6, 6.07) is 10.1. The van der Waals surface area contributed by atoms with Gasteiger partial charge in [-0.2, -0.15) is 5.26 Å². The molecule has 0 saturated carbocycles. The van der Waals surface area contributed by atoms with Crippen molar-refractivity contribution >= 4 is 22.8 Å². The van der Waals surface area contributed by atoms with E-state index in [1.54, 1.807) is 0 Å². The summed E-state index contributed by atoms with van der Waals surface area (Å²) in [7, 11) is 0. The molecule has 1 aromatic carbocycles. The summed E-state index contributed by atoms with van der Waals surface area (Å²) in [5.74, 6) is 0.0315. The summed E-state index contributed by atoms with van der Waals surface area (Å²) in [6.07, 6.45) is 6.40. The first-order valence-corrected chi connectivity index (χ1v) is 12.4. The first-order valence-electron chi connectivity index (χ1n) is 12.4. The minimum Gasteiger partial charge on any atom is -0.464 e. The molecule has 1 aromatic heterocycles. The lowest BCUT2D eigenvalue weighted by Crippen LogP contribution is -2.51. The summed E-state index contributed by atoms with van der Waals surface area (Å²) in [6.45, 7) is 5.07.